The zero-order chi connectivity index (χ0) is 25.7. The highest BCUT2D eigenvalue weighted by atomic mass is 32.2. The van der Waals surface area contributed by atoms with Crippen molar-refractivity contribution in [3.05, 3.63) is 93.2 Å². The average molecular weight is 519 g/mol. The second kappa shape index (κ2) is 11.0. The predicted octanol–water partition coefficient (Wildman–Crippen LogP) is 4.81. The first kappa shape index (κ1) is 25.5. The molecule has 36 heavy (non-hydrogen) atoms. The highest BCUT2D eigenvalue weighted by Crippen LogP contribution is 2.46. The van der Waals surface area contributed by atoms with E-state index >= 15 is 0 Å². The number of aliphatic hydroxyl groups is 1. The summed E-state index contributed by atoms with van der Waals surface area (Å²) >= 11 is 2.54. The molecule has 3 aromatic rings. The van der Waals surface area contributed by atoms with E-state index in [1.165, 1.54) is 18.3 Å². The molecule has 0 fully saturated rings. The molecule has 0 spiro atoms. The minimum absolute atomic E-state index is 0.0235. The molecular formula is C27H26N4O3S2. The summed E-state index contributed by atoms with van der Waals surface area (Å²) in [6.45, 7) is 3.41. The number of benzene rings is 2. The number of anilines is 2. The number of allylic oxidation sites excluding steroid dienone is 1. The van der Waals surface area contributed by atoms with E-state index in [2.05, 4.69) is 22.0 Å². The van der Waals surface area contributed by atoms with Crippen LogP contribution in [0.3, 0.4) is 0 Å². The first-order valence-corrected chi connectivity index (χ1v) is 13.2. The van der Waals surface area contributed by atoms with Gasteiger partial charge in [-0.05, 0) is 49.1 Å². The fourth-order valence-electron chi connectivity index (χ4n) is 4.20. The Morgan fingerprint density at radius 2 is 1.83 bits per heavy atom. The van der Waals surface area contributed by atoms with E-state index in [0.29, 0.717) is 22.0 Å². The van der Waals surface area contributed by atoms with Crippen LogP contribution < -0.4 is 16.0 Å². The van der Waals surface area contributed by atoms with Crippen LogP contribution >= 0.6 is 23.1 Å². The van der Waals surface area contributed by atoms with Crippen LogP contribution in [0.25, 0.3) is 0 Å². The van der Waals surface area contributed by atoms with E-state index in [1.807, 2.05) is 60.8 Å². The molecule has 0 saturated heterocycles. The molecule has 9 heteroatoms. The first-order valence-electron chi connectivity index (χ1n) is 11.3. The van der Waals surface area contributed by atoms with Gasteiger partial charge in [0.15, 0.2) is 0 Å². The summed E-state index contributed by atoms with van der Waals surface area (Å²) in [5.41, 5.74) is 0.833. The van der Waals surface area contributed by atoms with Gasteiger partial charge >= 0.3 is 0 Å². The van der Waals surface area contributed by atoms with Crippen molar-refractivity contribution < 1.29 is 14.7 Å². The van der Waals surface area contributed by atoms with E-state index in [0.717, 1.165) is 22.2 Å². The second-order valence-electron chi connectivity index (χ2n) is 8.60. The number of nitriles is 1. The van der Waals surface area contributed by atoms with Crippen LogP contribution in [0, 0.1) is 24.2 Å². The number of nitrogens with zero attached hydrogens (tertiary/aromatic N) is 1. The molecule has 0 bridgehead atoms. The molecule has 7 nitrogen and oxygen atoms in total. The number of thiophene rings is 1. The SMILES string of the molecule is Cc1ccccc1NC(=O)[C@@H]1[C@H](c2cccs2)C(C#N)=C(SCC(=O)Nc2ccccc2)N[C@@]1(C)O. The minimum Gasteiger partial charge on any atom is -0.370 e. The number of thioether (sulfide) groups is 1. The fraction of sp³-hybridized carbons (Fsp3) is 0.222. The van der Waals surface area contributed by atoms with Crippen LogP contribution in [-0.2, 0) is 9.59 Å². The Balaban J connectivity index is 1.63. The predicted molar refractivity (Wildman–Crippen MR) is 144 cm³/mol. The molecule has 0 saturated carbocycles. The van der Waals surface area contributed by atoms with Crippen molar-refractivity contribution in [2.75, 3.05) is 16.4 Å². The van der Waals surface area contributed by atoms with Crippen LogP contribution in [0.4, 0.5) is 11.4 Å². The van der Waals surface area contributed by atoms with Crippen molar-refractivity contribution in [1.29, 1.82) is 5.26 Å². The molecule has 2 aromatic carbocycles. The van der Waals surface area contributed by atoms with Gasteiger partial charge in [0.1, 0.15) is 5.72 Å². The van der Waals surface area contributed by atoms with Crippen LogP contribution in [0.2, 0.25) is 0 Å². The molecule has 0 radical (unpaired) electrons. The standard InChI is InChI=1S/C27H26N4O3S2/c1-17-9-6-7-12-20(17)30-25(33)24-23(21-13-8-14-35-21)19(15-28)26(31-27(24,2)34)36-16-22(32)29-18-10-4-3-5-11-18/h3-14,23-24,31,34H,16H2,1-2H3,(H,29,32)(H,30,33)/t23-,24-,27-/m0/s1. The maximum atomic E-state index is 13.6. The number of hydrogen-bond donors (Lipinski definition) is 4. The van der Waals surface area contributed by atoms with Gasteiger partial charge in [-0.25, -0.2) is 0 Å². The highest BCUT2D eigenvalue weighted by molar-refractivity contribution is 8.03. The Hall–Kier alpha value is -3.58. The number of amides is 2. The molecule has 4 rings (SSSR count). The maximum absolute atomic E-state index is 13.6. The molecule has 1 aromatic heterocycles. The quantitative estimate of drug-likeness (QED) is 0.357. The molecular weight excluding hydrogens is 492 g/mol. The molecule has 1 aliphatic heterocycles. The lowest BCUT2D eigenvalue weighted by molar-refractivity contribution is -0.131. The van der Waals surface area contributed by atoms with Crippen molar-refractivity contribution in [2.24, 2.45) is 5.92 Å². The van der Waals surface area contributed by atoms with Crippen molar-refractivity contribution >= 4 is 46.3 Å². The van der Waals surface area contributed by atoms with E-state index in [1.54, 1.807) is 18.2 Å². The largest absolute Gasteiger partial charge is 0.370 e. The third-order valence-corrected chi connectivity index (χ3v) is 7.89. The van der Waals surface area contributed by atoms with Crippen LogP contribution in [0.1, 0.15) is 23.3 Å². The first-order chi connectivity index (χ1) is 17.3. The molecule has 3 atom stereocenters. The Labute approximate surface area is 218 Å². The minimum atomic E-state index is -1.68. The van der Waals surface area contributed by atoms with Crippen molar-refractivity contribution in [3.8, 4) is 6.07 Å². The van der Waals surface area contributed by atoms with Gasteiger partial charge in [-0.15, -0.1) is 11.3 Å². The highest BCUT2D eigenvalue weighted by Gasteiger charge is 2.50. The molecule has 1 aliphatic rings. The summed E-state index contributed by atoms with van der Waals surface area (Å²) in [6, 6.07) is 22.4. The van der Waals surface area contributed by atoms with Crippen LogP contribution in [0.5, 0.6) is 0 Å². The third-order valence-electron chi connectivity index (χ3n) is 5.92. The summed E-state index contributed by atoms with van der Waals surface area (Å²) in [4.78, 5) is 26.9. The van der Waals surface area contributed by atoms with E-state index in [-0.39, 0.29) is 11.7 Å². The zero-order valence-corrected chi connectivity index (χ0v) is 21.5. The van der Waals surface area contributed by atoms with Gasteiger partial charge in [0.05, 0.1) is 28.3 Å². The fourth-order valence-corrected chi connectivity index (χ4v) is 6.03. The van der Waals surface area contributed by atoms with Gasteiger partial charge in [0.25, 0.3) is 0 Å². The topological polar surface area (TPSA) is 114 Å². The number of hydrogen-bond acceptors (Lipinski definition) is 7. The molecule has 0 aliphatic carbocycles. The number of nitrogens with one attached hydrogen (secondary N) is 3. The van der Waals surface area contributed by atoms with Gasteiger partial charge in [-0.3, -0.25) is 9.59 Å². The monoisotopic (exact) mass is 518 g/mol. The molecule has 184 valence electrons. The lowest BCUT2D eigenvalue weighted by Crippen LogP contribution is -2.57. The Kier molecular flexibility index (Phi) is 7.79. The summed E-state index contributed by atoms with van der Waals surface area (Å²) in [5.74, 6) is -2.30. The van der Waals surface area contributed by atoms with E-state index < -0.39 is 23.5 Å². The Morgan fingerprint density at radius 1 is 1.11 bits per heavy atom. The molecule has 2 amide bonds. The van der Waals surface area contributed by atoms with Crippen molar-refractivity contribution in [2.45, 2.75) is 25.5 Å². The summed E-state index contributed by atoms with van der Waals surface area (Å²) in [6.07, 6.45) is 0. The number of aryl methyl sites for hydroxylation is 1. The second-order valence-corrected chi connectivity index (χ2v) is 10.6. The van der Waals surface area contributed by atoms with Gasteiger partial charge in [-0.2, -0.15) is 5.26 Å². The lowest BCUT2D eigenvalue weighted by Gasteiger charge is -2.43. The van der Waals surface area contributed by atoms with E-state index in [9.17, 15) is 20.0 Å². The summed E-state index contributed by atoms with van der Waals surface area (Å²) < 4.78 is 0. The number of carbonyl (C=O) groups excluding carboxylic acids is 2. The Morgan fingerprint density at radius 3 is 2.50 bits per heavy atom. The van der Waals surface area contributed by atoms with Crippen molar-refractivity contribution in [3.63, 3.8) is 0 Å². The summed E-state index contributed by atoms with van der Waals surface area (Å²) in [5, 5.41) is 32.6. The summed E-state index contributed by atoms with van der Waals surface area (Å²) in [7, 11) is 0. The smallest absolute Gasteiger partial charge is 0.234 e. The molecule has 4 N–H and O–H groups in total. The number of rotatable bonds is 7. The van der Waals surface area contributed by atoms with Gasteiger partial charge in [-0.1, -0.05) is 54.2 Å². The van der Waals surface area contributed by atoms with Gasteiger partial charge < -0.3 is 21.1 Å². The molecule has 0 unspecified atom stereocenters. The Bertz CT molecular complexity index is 1310. The van der Waals surface area contributed by atoms with Crippen molar-refractivity contribution in [1.82, 2.24) is 5.32 Å². The lowest BCUT2D eigenvalue weighted by atomic mass is 9.76. The van der Waals surface area contributed by atoms with Gasteiger partial charge in [0.2, 0.25) is 11.8 Å². The number of para-hydroxylation sites is 2. The molecule has 2 heterocycles. The van der Waals surface area contributed by atoms with Crippen LogP contribution in [-0.4, -0.2) is 28.4 Å². The number of carbonyl (C=O) groups is 2. The zero-order valence-electron chi connectivity index (χ0n) is 19.8. The normalized spacial score (nSPS) is 21.3. The van der Waals surface area contributed by atoms with Crippen LogP contribution in [0.15, 0.2) is 82.7 Å². The van der Waals surface area contributed by atoms with Gasteiger partial charge in [0, 0.05) is 22.2 Å². The van der Waals surface area contributed by atoms with E-state index in [4.69, 9.17) is 0 Å². The third kappa shape index (κ3) is 5.62. The average Bonchev–Trinajstić information content (AvgIpc) is 3.38. The maximum Gasteiger partial charge on any atom is 0.234 e.